The molecule has 0 N–H and O–H groups in total. The van der Waals surface area contributed by atoms with Gasteiger partial charge in [-0.25, -0.2) is 0 Å². The van der Waals surface area contributed by atoms with E-state index in [-0.39, 0.29) is 35.5 Å². The van der Waals surface area contributed by atoms with E-state index in [1.807, 2.05) is 89.8 Å². The van der Waals surface area contributed by atoms with E-state index in [0.29, 0.717) is 22.7 Å². The van der Waals surface area contributed by atoms with Crippen LogP contribution in [0.1, 0.15) is 36.0 Å². The summed E-state index contributed by atoms with van der Waals surface area (Å²) in [6.45, 7) is 0. The Bertz CT molecular complexity index is 3680. The number of fused-ring (bicyclic) bond motifs is 13. The predicted octanol–water partition coefficient (Wildman–Crippen LogP) is 15.3. The molecule has 272 valence electrons. The molecule has 2 nitrogen and oxygen atoms in total. The second-order valence-electron chi connectivity index (χ2n) is 14.5. The standard InChI is InChI=1S/C55H36N2S/c1-5-20-37(21-6-1)56(38-22-7-2-8-23-38)49-35-19-31-44-52-50(58-54(44)49)36-48-51(53(52)57(39-24-9-3-10-25-39)40-26-11-4-12-27-40)43-30-15-18-34-47(43)55(48)45-32-16-13-28-41(45)42-29-14-17-33-46(42)55/h1-36H/i1D,3D,5D,6D,9D,10D,20D,21D,24D,25D. The van der Waals surface area contributed by atoms with Gasteiger partial charge in [-0.1, -0.05) is 158 Å². The van der Waals surface area contributed by atoms with Crippen molar-refractivity contribution < 1.29 is 13.7 Å². The van der Waals surface area contributed by atoms with Gasteiger partial charge in [0.05, 0.1) is 35.2 Å². The van der Waals surface area contributed by atoms with Gasteiger partial charge in [-0.3, -0.25) is 0 Å². The number of nitrogens with zero attached hydrogens (tertiary/aromatic N) is 2. The van der Waals surface area contributed by atoms with Crippen LogP contribution in [-0.2, 0) is 5.41 Å². The third-order valence-corrected chi connectivity index (χ3v) is 12.8. The lowest BCUT2D eigenvalue weighted by atomic mass is 9.70. The molecular weight excluding hydrogens is 721 g/mol. The minimum absolute atomic E-state index is 0.00744. The van der Waals surface area contributed by atoms with Crippen LogP contribution >= 0.6 is 11.3 Å². The SMILES string of the molecule is [2H]c1c([2H])c([2H])c(N(c2ccccc2)c2cccc3c2sc2cc4c(c(N(c5ccccc5)c5c([2H])c([2H])c([2H])c([2H])c5[2H])c23)-c2ccccc2C42c3ccccc3-c3ccccc32)c([2H])c1[2H]. The van der Waals surface area contributed by atoms with Gasteiger partial charge in [-0.15, -0.1) is 11.3 Å². The van der Waals surface area contributed by atoms with Gasteiger partial charge in [0, 0.05) is 43.8 Å². The summed E-state index contributed by atoms with van der Waals surface area (Å²) in [4.78, 5) is 3.57. The van der Waals surface area contributed by atoms with E-state index >= 15 is 0 Å². The third kappa shape index (κ3) is 4.59. The maximum atomic E-state index is 9.57. The van der Waals surface area contributed by atoms with Gasteiger partial charge in [0.25, 0.3) is 0 Å². The van der Waals surface area contributed by atoms with Crippen molar-refractivity contribution in [2.24, 2.45) is 0 Å². The van der Waals surface area contributed by atoms with Crippen LogP contribution in [0.25, 0.3) is 42.4 Å². The zero-order chi connectivity index (χ0) is 46.9. The predicted molar refractivity (Wildman–Crippen MR) is 245 cm³/mol. The summed E-state index contributed by atoms with van der Waals surface area (Å²) in [5.74, 6) is 0. The van der Waals surface area contributed by atoms with E-state index in [0.717, 1.165) is 64.7 Å². The summed E-state index contributed by atoms with van der Waals surface area (Å²) < 4.78 is 91.7. The molecule has 0 saturated heterocycles. The molecule has 0 fully saturated rings. The maximum absolute atomic E-state index is 9.57. The zero-order valence-corrected chi connectivity index (χ0v) is 31.6. The second-order valence-corrected chi connectivity index (χ2v) is 15.5. The molecule has 2 aliphatic rings. The van der Waals surface area contributed by atoms with Crippen molar-refractivity contribution in [3.8, 4) is 22.3 Å². The highest BCUT2D eigenvalue weighted by atomic mass is 32.1. The van der Waals surface area contributed by atoms with Crippen molar-refractivity contribution >= 4 is 65.6 Å². The molecule has 0 bridgehead atoms. The first kappa shape index (κ1) is 24.4. The van der Waals surface area contributed by atoms with E-state index in [2.05, 4.69) is 72.8 Å². The lowest BCUT2D eigenvalue weighted by Gasteiger charge is -2.32. The number of para-hydroxylation sites is 4. The summed E-state index contributed by atoms with van der Waals surface area (Å²) in [6, 6.07) is 47.7. The van der Waals surface area contributed by atoms with Gasteiger partial charge in [-0.05, 0) is 99.5 Å². The number of hydrogen-bond acceptors (Lipinski definition) is 3. The monoisotopic (exact) mass is 766 g/mol. The van der Waals surface area contributed by atoms with Crippen LogP contribution < -0.4 is 9.80 Å². The van der Waals surface area contributed by atoms with E-state index < -0.39 is 41.7 Å². The largest absolute Gasteiger partial charge is 0.309 e. The van der Waals surface area contributed by atoms with Gasteiger partial charge in [0.1, 0.15) is 0 Å². The lowest BCUT2D eigenvalue weighted by Crippen LogP contribution is -2.26. The number of thiophene rings is 1. The highest BCUT2D eigenvalue weighted by Gasteiger charge is 2.53. The Labute approximate surface area is 356 Å². The first-order valence-corrected chi connectivity index (χ1v) is 19.9. The van der Waals surface area contributed by atoms with Crippen LogP contribution in [-0.4, -0.2) is 0 Å². The van der Waals surface area contributed by atoms with Gasteiger partial charge in [0.2, 0.25) is 0 Å². The molecule has 9 aromatic carbocycles. The van der Waals surface area contributed by atoms with Crippen molar-refractivity contribution in [3.05, 3.63) is 240 Å². The second kappa shape index (κ2) is 12.9. The molecule has 3 heteroatoms. The molecule has 0 unspecified atom stereocenters. The number of rotatable bonds is 6. The molecule has 0 amide bonds. The number of benzene rings is 9. The summed E-state index contributed by atoms with van der Waals surface area (Å²) in [5, 5.41) is 1.51. The number of hydrogen-bond donors (Lipinski definition) is 0. The Balaban J connectivity index is 1.30. The molecule has 58 heavy (non-hydrogen) atoms. The Morgan fingerprint density at radius 2 is 0.931 bits per heavy atom. The molecule has 10 aromatic rings. The molecule has 2 aliphatic carbocycles. The highest BCUT2D eigenvalue weighted by Crippen LogP contribution is 2.66. The normalized spacial score (nSPS) is 15.4. The maximum Gasteiger partial charge on any atom is 0.0726 e. The van der Waals surface area contributed by atoms with Crippen LogP contribution in [0.2, 0.25) is 0 Å². The Hall–Kier alpha value is -7.20. The lowest BCUT2D eigenvalue weighted by molar-refractivity contribution is 0.795. The molecule has 0 atom stereocenters. The topological polar surface area (TPSA) is 6.48 Å². The summed E-state index contributed by atoms with van der Waals surface area (Å²) in [6.07, 6.45) is 0. The Morgan fingerprint density at radius 1 is 0.431 bits per heavy atom. The molecule has 0 aliphatic heterocycles. The van der Waals surface area contributed by atoms with Gasteiger partial charge in [0.15, 0.2) is 0 Å². The fourth-order valence-electron chi connectivity index (χ4n) is 9.50. The van der Waals surface area contributed by atoms with Crippen molar-refractivity contribution in [2.75, 3.05) is 9.80 Å². The third-order valence-electron chi connectivity index (χ3n) is 11.6. The first-order valence-electron chi connectivity index (χ1n) is 24.1. The van der Waals surface area contributed by atoms with Crippen molar-refractivity contribution in [2.45, 2.75) is 5.41 Å². The van der Waals surface area contributed by atoms with E-state index in [4.69, 9.17) is 8.22 Å². The molecule has 12 rings (SSSR count). The van der Waals surface area contributed by atoms with Gasteiger partial charge in [-0.2, -0.15) is 0 Å². The van der Waals surface area contributed by atoms with E-state index in [9.17, 15) is 5.48 Å². The minimum atomic E-state index is -0.827. The van der Waals surface area contributed by atoms with Crippen LogP contribution in [0.15, 0.2) is 218 Å². The molecule has 1 aromatic heterocycles. The number of anilines is 6. The van der Waals surface area contributed by atoms with Crippen LogP contribution in [0.4, 0.5) is 34.1 Å². The summed E-state index contributed by atoms with van der Waals surface area (Å²) in [5.41, 5.74) is 9.70. The quantitative estimate of drug-likeness (QED) is 0.166. The van der Waals surface area contributed by atoms with Crippen molar-refractivity contribution in [1.29, 1.82) is 0 Å². The zero-order valence-electron chi connectivity index (χ0n) is 40.8. The van der Waals surface area contributed by atoms with Gasteiger partial charge < -0.3 is 9.80 Å². The van der Waals surface area contributed by atoms with Crippen LogP contribution in [0.5, 0.6) is 0 Å². The Kier molecular flexibility index (Phi) is 5.44. The molecule has 1 heterocycles. The van der Waals surface area contributed by atoms with E-state index in [1.165, 1.54) is 11.3 Å². The fourth-order valence-corrected chi connectivity index (χ4v) is 10.8. The Morgan fingerprint density at radius 3 is 1.53 bits per heavy atom. The van der Waals surface area contributed by atoms with E-state index in [1.54, 1.807) is 4.90 Å². The molecule has 1 spiro atoms. The average molecular weight is 767 g/mol. The van der Waals surface area contributed by atoms with Crippen LogP contribution in [0.3, 0.4) is 0 Å². The molecular formula is C55H36N2S. The first-order chi connectivity index (χ1) is 33.0. The molecule has 0 radical (unpaired) electrons. The fraction of sp³-hybridized carbons (Fsp3) is 0.0182. The smallest absolute Gasteiger partial charge is 0.0726 e. The summed E-state index contributed by atoms with van der Waals surface area (Å²) >= 11 is 1.50. The van der Waals surface area contributed by atoms with Crippen molar-refractivity contribution in [3.63, 3.8) is 0 Å². The molecule has 0 saturated carbocycles. The summed E-state index contributed by atoms with van der Waals surface area (Å²) in [7, 11) is 0. The highest BCUT2D eigenvalue weighted by molar-refractivity contribution is 7.26. The van der Waals surface area contributed by atoms with Gasteiger partial charge >= 0.3 is 0 Å². The van der Waals surface area contributed by atoms with Crippen LogP contribution in [0, 0.1) is 0 Å². The minimum Gasteiger partial charge on any atom is -0.309 e. The van der Waals surface area contributed by atoms with Crippen molar-refractivity contribution in [1.82, 2.24) is 0 Å². The average Bonchev–Trinajstić information content (AvgIpc) is 4.01.